The lowest BCUT2D eigenvalue weighted by Crippen LogP contribution is -2.10. The molecule has 0 aromatic carbocycles. The fourth-order valence-electron chi connectivity index (χ4n) is 1.13. The molecule has 1 nitrogen and oxygen atoms in total. The van der Waals surface area contributed by atoms with Crippen LogP contribution in [0.3, 0.4) is 0 Å². The van der Waals surface area contributed by atoms with Crippen LogP contribution < -0.4 is 5.32 Å². The Labute approximate surface area is 57.1 Å². The zero-order valence-electron chi connectivity index (χ0n) is 6.33. The van der Waals surface area contributed by atoms with Crippen molar-refractivity contribution >= 4 is 0 Å². The quantitative estimate of drug-likeness (QED) is 0.522. The fraction of sp³-hybridized carbons (Fsp3) is 0.750. The van der Waals surface area contributed by atoms with E-state index in [2.05, 4.69) is 19.2 Å². The minimum Gasteiger partial charge on any atom is -0.389 e. The van der Waals surface area contributed by atoms with Gasteiger partial charge in [0.05, 0.1) is 0 Å². The van der Waals surface area contributed by atoms with Crippen molar-refractivity contribution in [1.29, 1.82) is 0 Å². The highest BCUT2D eigenvalue weighted by atomic mass is 14.9. The summed E-state index contributed by atoms with van der Waals surface area (Å²) in [6.07, 6.45) is 3.98. The maximum absolute atomic E-state index is 3.37. The summed E-state index contributed by atoms with van der Waals surface area (Å²) in [5.74, 6) is 0. The predicted molar refractivity (Wildman–Crippen MR) is 40.2 cm³/mol. The van der Waals surface area contributed by atoms with E-state index in [0.717, 1.165) is 0 Å². The molecule has 0 aromatic heterocycles. The highest BCUT2D eigenvalue weighted by molar-refractivity contribution is 5.08. The Morgan fingerprint density at radius 3 is 2.78 bits per heavy atom. The number of allylic oxidation sites excluding steroid dienone is 2. The summed E-state index contributed by atoms with van der Waals surface area (Å²) in [5, 5.41) is 3.37. The van der Waals surface area contributed by atoms with E-state index in [9.17, 15) is 0 Å². The van der Waals surface area contributed by atoms with Gasteiger partial charge in [-0.3, -0.25) is 0 Å². The fourth-order valence-corrected chi connectivity index (χ4v) is 1.13. The van der Waals surface area contributed by atoms with Crippen LogP contribution in [0.4, 0.5) is 0 Å². The van der Waals surface area contributed by atoms with Gasteiger partial charge < -0.3 is 5.32 Å². The summed E-state index contributed by atoms with van der Waals surface area (Å²) in [6.45, 7) is 5.55. The van der Waals surface area contributed by atoms with Crippen LogP contribution in [0.2, 0.25) is 0 Å². The summed E-state index contributed by atoms with van der Waals surface area (Å²) < 4.78 is 0. The van der Waals surface area contributed by atoms with Crippen molar-refractivity contribution in [3.8, 4) is 0 Å². The van der Waals surface area contributed by atoms with Crippen molar-refractivity contribution < 1.29 is 0 Å². The second kappa shape index (κ2) is 2.90. The van der Waals surface area contributed by atoms with E-state index in [-0.39, 0.29) is 0 Å². The molecule has 1 heterocycles. The molecule has 0 aromatic rings. The van der Waals surface area contributed by atoms with Gasteiger partial charge in [0.2, 0.25) is 0 Å². The van der Waals surface area contributed by atoms with Crippen LogP contribution in [-0.4, -0.2) is 6.54 Å². The smallest absolute Gasteiger partial charge is 0.0143 e. The Bertz CT molecular complexity index is 111. The van der Waals surface area contributed by atoms with Crippen LogP contribution in [0.25, 0.3) is 0 Å². The Morgan fingerprint density at radius 1 is 1.22 bits per heavy atom. The van der Waals surface area contributed by atoms with Crippen molar-refractivity contribution in [3.63, 3.8) is 0 Å². The lowest BCUT2D eigenvalue weighted by Gasteiger charge is -2.03. The minimum atomic E-state index is 1.17. The molecule has 1 N–H and O–H groups in total. The topological polar surface area (TPSA) is 12.0 Å². The van der Waals surface area contributed by atoms with Gasteiger partial charge in [-0.15, -0.1) is 0 Å². The Kier molecular flexibility index (Phi) is 2.15. The zero-order valence-corrected chi connectivity index (χ0v) is 6.33. The molecule has 0 saturated carbocycles. The molecule has 1 aliphatic heterocycles. The number of hydrogen-bond acceptors (Lipinski definition) is 1. The first-order valence-corrected chi connectivity index (χ1v) is 3.71. The van der Waals surface area contributed by atoms with E-state index < -0.39 is 0 Å². The summed E-state index contributed by atoms with van der Waals surface area (Å²) in [7, 11) is 0. The summed E-state index contributed by atoms with van der Waals surface area (Å²) in [5.41, 5.74) is 2.93. The van der Waals surface area contributed by atoms with E-state index in [0.29, 0.717) is 0 Å². The maximum Gasteiger partial charge on any atom is 0.0143 e. The SMILES string of the molecule is CC1=C(C)NCCCC1. The predicted octanol–water partition coefficient (Wildman–Crippen LogP) is 2.05. The van der Waals surface area contributed by atoms with Crippen molar-refractivity contribution in [3.05, 3.63) is 11.3 Å². The van der Waals surface area contributed by atoms with Gasteiger partial charge in [-0.1, -0.05) is 5.57 Å². The molecule has 0 unspecified atom stereocenters. The van der Waals surface area contributed by atoms with Crippen LogP contribution in [-0.2, 0) is 0 Å². The minimum absolute atomic E-state index is 1.17. The van der Waals surface area contributed by atoms with Gasteiger partial charge >= 0.3 is 0 Å². The summed E-state index contributed by atoms with van der Waals surface area (Å²) in [4.78, 5) is 0. The molecule has 0 atom stereocenters. The van der Waals surface area contributed by atoms with E-state index in [4.69, 9.17) is 0 Å². The monoisotopic (exact) mass is 125 g/mol. The normalized spacial score (nSPS) is 21.1. The van der Waals surface area contributed by atoms with Crippen molar-refractivity contribution in [1.82, 2.24) is 5.32 Å². The number of nitrogens with one attached hydrogen (secondary N) is 1. The molecule has 0 amide bonds. The molecule has 0 fully saturated rings. The standard InChI is InChI=1S/C8H15N/c1-7-5-3-4-6-9-8(7)2/h9H,3-6H2,1-2H3. The van der Waals surface area contributed by atoms with Crippen LogP contribution in [0, 0.1) is 0 Å². The lowest BCUT2D eigenvalue weighted by atomic mass is 10.1. The molecule has 1 heteroatoms. The van der Waals surface area contributed by atoms with Gasteiger partial charge in [0, 0.05) is 12.2 Å². The van der Waals surface area contributed by atoms with Gasteiger partial charge in [0.1, 0.15) is 0 Å². The van der Waals surface area contributed by atoms with Crippen LogP contribution in [0.1, 0.15) is 33.1 Å². The van der Waals surface area contributed by atoms with Crippen LogP contribution in [0.15, 0.2) is 11.3 Å². The second-order valence-corrected chi connectivity index (χ2v) is 2.79. The van der Waals surface area contributed by atoms with Gasteiger partial charge in [-0.05, 0) is 33.1 Å². The highest BCUT2D eigenvalue weighted by Gasteiger charge is 2.00. The van der Waals surface area contributed by atoms with E-state index >= 15 is 0 Å². The largest absolute Gasteiger partial charge is 0.389 e. The van der Waals surface area contributed by atoms with Crippen molar-refractivity contribution in [2.24, 2.45) is 0 Å². The van der Waals surface area contributed by atoms with Gasteiger partial charge in [-0.25, -0.2) is 0 Å². The van der Waals surface area contributed by atoms with Crippen molar-refractivity contribution in [2.75, 3.05) is 6.54 Å². The van der Waals surface area contributed by atoms with E-state index in [1.54, 1.807) is 0 Å². The molecular weight excluding hydrogens is 110 g/mol. The third kappa shape index (κ3) is 1.74. The molecule has 52 valence electrons. The molecular formula is C8H15N. The molecule has 0 aliphatic carbocycles. The molecule has 0 saturated heterocycles. The molecule has 0 bridgehead atoms. The third-order valence-corrected chi connectivity index (χ3v) is 2.01. The van der Waals surface area contributed by atoms with Gasteiger partial charge in [0.25, 0.3) is 0 Å². The van der Waals surface area contributed by atoms with Crippen LogP contribution in [0.5, 0.6) is 0 Å². The average Bonchev–Trinajstić information content (AvgIpc) is 1.99. The first-order valence-electron chi connectivity index (χ1n) is 3.71. The first-order chi connectivity index (χ1) is 4.30. The molecule has 1 aliphatic rings. The van der Waals surface area contributed by atoms with E-state index in [1.165, 1.54) is 37.1 Å². The number of hydrogen-bond donors (Lipinski definition) is 1. The summed E-state index contributed by atoms with van der Waals surface area (Å²) in [6, 6.07) is 0. The second-order valence-electron chi connectivity index (χ2n) is 2.79. The Morgan fingerprint density at radius 2 is 2.00 bits per heavy atom. The molecule has 0 radical (unpaired) electrons. The average molecular weight is 125 g/mol. The summed E-state index contributed by atoms with van der Waals surface area (Å²) >= 11 is 0. The first kappa shape index (κ1) is 6.66. The maximum atomic E-state index is 3.37. The van der Waals surface area contributed by atoms with Gasteiger partial charge in [-0.2, -0.15) is 0 Å². The third-order valence-electron chi connectivity index (χ3n) is 2.01. The Balaban J connectivity index is 2.55. The number of rotatable bonds is 0. The van der Waals surface area contributed by atoms with Gasteiger partial charge in [0.15, 0.2) is 0 Å². The molecule has 0 spiro atoms. The lowest BCUT2D eigenvalue weighted by molar-refractivity contribution is 0.715. The Hall–Kier alpha value is -0.460. The highest BCUT2D eigenvalue weighted by Crippen LogP contribution is 2.12. The van der Waals surface area contributed by atoms with Crippen LogP contribution >= 0.6 is 0 Å². The molecule has 9 heavy (non-hydrogen) atoms. The zero-order chi connectivity index (χ0) is 6.69. The van der Waals surface area contributed by atoms with Crippen molar-refractivity contribution in [2.45, 2.75) is 33.1 Å². The van der Waals surface area contributed by atoms with E-state index in [1.807, 2.05) is 0 Å². The molecule has 1 rings (SSSR count).